The zero-order valence-corrected chi connectivity index (χ0v) is 11.4. The van der Waals surface area contributed by atoms with Crippen molar-refractivity contribution < 1.29 is 8.42 Å². The van der Waals surface area contributed by atoms with E-state index in [0.29, 0.717) is 10.8 Å². The van der Waals surface area contributed by atoms with E-state index in [9.17, 15) is 8.42 Å². The minimum absolute atomic E-state index is 0.0755. The van der Waals surface area contributed by atoms with Crippen LogP contribution in [-0.4, -0.2) is 14.5 Å². The van der Waals surface area contributed by atoms with Crippen LogP contribution in [0.2, 0.25) is 0 Å². The van der Waals surface area contributed by atoms with Crippen LogP contribution in [0.15, 0.2) is 16.3 Å². The van der Waals surface area contributed by atoms with Crippen molar-refractivity contribution in [1.29, 1.82) is 0 Å². The summed E-state index contributed by atoms with van der Waals surface area (Å²) < 4.78 is 26.9. The van der Waals surface area contributed by atoms with Crippen LogP contribution in [0, 0.1) is 5.92 Å². The monoisotopic (exact) mass is 262 g/mol. The summed E-state index contributed by atoms with van der Waals surface area (Å²) >= 11 is 1.22. The lowest BCUT2D eigenvalue weighted by Crippen LogP contribution is -2.35. The summed E-state index contributed by atoms with van der Waals surface area (Å²) in [4.78, 5) is 0.873. The molecule has 0 saturated heterocycles. The van der Waals surface area contributed by atoms with Gasteiger partial charge < -0.3 is 5.73 Å². The Kier molecular flexibility index (Phi) is 4.49. The summed E-state index contributed by atoms with van der Waals surface area (Å²) in [5.74, 6) is 0.267. The summed E-state index contributed by atoms with van der Waals surface area (Å²) in [6.07, 6.45) is 0. The van der Waals surface area contributed by atoms with Gasteiger partial charge in [-0.25, -0.2) is 13.1 Å². The molecule has 0 spiro atoms. The predicted octanol–water partition coefficient (Wildman–Crippen LogP) is 1.53. The van der Waals surface area contributed by atoms with E-state index in [1.807, 2.05) is 20.8 Å². The van der Waals surface area contributed by atoms with Crippen LogP contribution < -0.4 is 10.5 Å². The topological polar surface area (TPSA) is 72.2 Å². The van der Waals surface area contributed by atoms with Crippen molar-refractivity contribution in [2.24, 2.45) is 11.7 Å². The van der Waals surface area contributed by atoms with Crippen LogP contribution in [0.1, 0.15) is 25.6 Å². The number of hydrogen-bond acceptors (Lipinski definition) is 4. The van der Waals surface area contributed by atoms with Gasteiger partial charge in [0.25, 0.3) is 0 Å². The Labute approximate surface area is 101 Å². The fraction of sp³-hybridized carbons (Fsp3) is 0.600. The quantitative estimate of drug-likeness (QED) is 0.845. The summed E-state index contributed by atoms with van der Waals surface area (Å²) in [6.45, 7) is 6.19. The molecule has 0 bridgehead atoms. The Morgan fingerprint density at radius 1 is 1.38 bits per heavy atom. The highest BCUT2D eigenvalue weighted by molar-refractivity contribution is 7.91. The largest absolute Gasteiger partial charge is 0.326 e. The number of nitrogens with two attached hydrogens (primary N) is 1. The van der Waals surface area contributed by atoms with Crippen LogP contribution in [-0.2, 0) is 16.6 Å². The molecule has 1 aromatic heterocycles. The molecule has 16 heavy (non-hydrogen) atoms. The van der Waals surface area contributed by atoms with Crippen molar-refractivity contribution in [2.45, 2.75) is 37.6 Å². The first kappa shape index (κ1) is 13.6. The second-order valence-electron chi connectivity index (χ2n) is 4.08. The lowest BCUT2D eigenvalue weighted by atomic mass is 10.1. The molecule has 1 aromatic rings. The molecule has 0 amide bonds. The molecule has 0 aliphatic rings. The van der Waals surface area contributed by atoms with Crippen LogP contribution in [0.25, 0.3) is 0 Å². The Hall–Kier alpha value is -0.430. The number of thiophene rings is 1. The predicted molar refractivity (Wildman–Crippen MR) is 66.8 cm³/mol. The SMILES string of the molecule is CC(C)C(C)NS(=O)(=O)c1ccc(CN)s1. The molecular weight excluding hydrogens is 244 g/mol. The maximum Gasteiger partial charge on any atom is 0.250 e. The Balaban J connectivity index is 2.86. The van der Waals surface area contributed by atoms with Gasteiger partial charge in [0.15, 0.2) is 0 Å². The molecule has 1 unspecified atom stereocenters. The molecule has 0 radical (unpaired) electrons. The molecule has 0 aromatic carbocycles. The molecule has 3 N–H and O–H groups in total. The average Bonchev–Trinajstić information content (AvgIpc) is 2.65. The fourth-order valence-electron chi connectivity index (χ4n) is 1.05. The van der Waals surface area contributed by atoms with Crippen molar-refractivity contribution in [2.75, 3.05) is 0 Å². The minimum Gasteiger partial charge on any atom is -0.326 e. The molecular formula is C10H18N2O2S2. The molecule has 0 saturated carbocycles. The van der Waals surface area contributed by atoms with E-state index >= 15 is 0 Å². The smallest absolute Gasteiger partial charge is 0.250 e. The number of rotatable bonds is 5. The van der Waals surface area contributed by atoms with Crippen molar-refractivity contribution in [3.05, 3.63) is 17.0 Å². The Bertz CT molecular complexity index is 437. The summed E-state index contributed by atoms with van der Waals surface area (Å²) in [7, 11) is -3.38. The van der Waals surface area contributed by atoms with Crippen LogP contribution in [0.3, 0.4) is 0 Å². The van der Waals surface area contributed by atoms with Crippen LogP contribution in [0.5, 0.6) is 0 Å². The molecule has 1 atom stereocenters. The third-order valence-electron chi connectivity index (χ3n) is 2.44. The molecule has 0 fully saturated rings. The molecule has 1 rings (SSSR count). The summed E-state index contributed by atoms with van der Waals surface area (Å²) in [6, 6.07) is 3.27. The maximum absolute atomic E-state index is 11.9. The van der Waals surface area contributed by atoms with Gasteiger partial charge >= 0.3 is 0 Å². The van der Waals surface area contributed by atoms with Gasteiger partial charge in [0, 0.05) is 17.5 Å². The normalized spacial score (nSPS) is 14.3. The van der Waals surface area contributed by atoms with E-state index in [-0.39, 0.29) is 12.0 Å². The van der Waals surface area contributed by atoms with E-state index in [1.165, 1.54) is 11.3 Å². The first-order valence-corrected chi connectivity index (χ1v) is 7.48. The standard InChI is InChI=1S/C10H18N2O2S2/c1-7(2)8(3)12-16(13,14)10-5-4-9(6-11)15-10/h4-5,7-8,12H,6,11H2,1-3H3. The van der Waals surface area contributed by atoms with Gasteiger partial charge in [0.1, 0.15) is 4.21 Å². The van der Waals surface area contributed by atoms with Crippen molar-refractivity contribution in [3.8, 4) is 0 Å². The third-order valence-corrected chi connectivity index (χ3v) is 5.60. The van der Waals surface area contributed by atoms with Crippen molar-refractivity contribution in [1.82, 2.24) is 4.72 Å². The lowest BCUT2D eigenvalue weighted by Gasteiger charge is -2.16. The molecule has 0 aliphatic carbocycles. The van der Waals surface area contributed by atoms with Gasteiger partial charge in [0.2, 0.25) is 10.0 Å². The second-order valence-corrected chi connectivity index (χ2v) is 7.19. The lowest BCUT2D eigenvalue weighted by molar-refractivity contribution is 0.477. The molecule has 6 heteroatoms. The Morgan fingerprint density at radius 2 is 2.00 bits per heavy atom. The van der Waals surface area contributed by atoms with Crippen molar-refractivity contribution in [3.63, 3.8) is 0 Å². The van der Waals surface area contributed by atoms with Crippen molar-refractivity contribution >= 4 is 21.4 Å². The first-order chi connectivity index (χ1) is 7.36. The highest BCUT2D eigenvalue weighted by Crippen LogP contribution is 2.21. The molecule has 1 heterocycles. The fourth-order valence-corrected chi connectivity index (χ4v) is 3.69. The maximum atomic E-state index is 11.9. The van der Waals surface area contributed by atoms with E-state index in [1.54, 1.807) is 12.1 Å². The number of nitrogens with one attached hydrogen (secondary N) is 1. The third kappa shape index (κ3) is 3.28. The summed E-state index contributed by atoms with van der Waals surface area (Å²) in [5, 5.41) is 0. The minimum atomic E-state index is -3.38. The van der Waals surface area contributed by atoms with E-state index in [2.05, 4.69) is 4.72 Å². The zero-order valence-electron chi connectivity index (χ0n) is 9.73. The first-order valence-electron chi connectivity index (χ1n) is 5.18. The van der Waals surface area contributed by atoms with Gasteiger partial charge in [-0.3, -0.25) is 0 Å². The molecule has 92 valence electrons. The number of hydrogen-bond donors (Lipinski definition) is 2. The van der Waals surface area contributed by atoms with E-state index < -0.39 is 10.0 Å². The average molecular weight is 262 g/mol. The highest BCUT2D eigenvalue weighted by atomic mass is 32.2. The van der Waals surface area contributed by atoms with Gasteiger partial charge in [0.05, 0.1) is 0 Å². The second kappa shape index (κ2) is 5.27. The summed E-state index contributed by atoms with van der Waals surface area (Å²) in [5.41, 5.74) is 5.45. The molecule has 0 aliphatic heterocycles. The van der Waals surface area contributed by atoms with Crippen LogP contribution >= 0.6 is 11.3 Å². The van der Waals surface area contributed by atoms with Gasteiger partial charge in [-0.05, 0) is 25.0 Å². The molecule has 4 nitrogen and oxygen atoms in total. The Morgan fingerprint density at radius 3 is 2.44 bits per heavy atom. The zero-order chi connectivity index (χ0) is 12.3. The van der Waals surface area contributed by atoms with E-state index in [4.69, 9.17) is 5.73 Å². The van der Waals surface area contributed by atoms with Crippen LogP contribution in [0.4, 0.5) is 0 Å². The van der Waals surface area contributed by atoms with Gasteiger partial charge in [-0.2, -0.15) is 0 Å². The van der Waals surface area contributed by atoms with E-state index in [0.717, 1.165) is 4.88 Å². The van der Waals surface area contributed by atoms with Gasteiger partial charge in [-0.1, -0.05) is 13.8 Å². The van der Waals surface area contributed by atoms with Gasteiger partial charge in [-0.15, -0.1) is 11.3 Å². The number of sulfonamides is 1. The highest BCUT2D eigenvalue weighted by Gasteiger charge is 2.20.